The number of H-pyrrole nitrogens is 1. The number of hydrogen-bond acceptors (Lipinski definition) is 3. The number of carbonyl (C=O) groups excluding carboxylic acids is 1. The lowest BCUT2D eigenvalue weighted by atomic mass is 10.1. The summed E-state index contributed by atoms with van der Waals surface area (Å²) in [5.74, 6) is 1.33. The molecule has 3 aromatic rings. The fraction of sp³-hybridized carbons (Fsp3) is 0.333. The number of likely N-dealkylation sites (tertiary alicyclic amines) is 1. The zero-order valence-corrected chi connectivity index (χ0v) is 14.1. The third-order valence-corrected chi connectivity index (χ3v) is 5.60. The topological polar surface area (TPSA) is 49.0 Å². The van der Waals surface area contributed by atoms with Crippen LogP contribution in [-0.2, 0) is 4.79 Å². The molecule has 0 radical (unpaired) electrons. The molecule has 0 saturated carbocycles. The maximum absolute atomic E-state index is 12.1. The van der Waals surface area contributed by atoms with Gasteiger partial charge in [0.2, 0.25) is 5.91 Å². The Bertz CT molecular complexity index is 831. The average molecular weight is 325 g/mol. The fourth-order valence-corrected chi connectivity index (χ4v) is 4.23. The van der Waals surface area contributed by atoms with E-state index >= 15 is 0 Å². The van der Waals surface area contributed by atoms with Crippen LogP contribution < -0.4 is 0 Å². The van der Waals surface area contributed by atoms with Gasteiger partial charge in [-0.25, -0.2) is 4.98 Å². The minimum atomic E-state index is 0.174. The van der Waals surface area contributed by atoms with Crippen molar-refractivity contribution in [2.45, 2.75) is 32.2 Å². The zero-order chi connectivity index (χ0) is 16.0. The maximum Gasteiger partial charge on any atom is 0.223 e. The second-order valence-electron chi connectivity index (χ2n) is 6.37. The molecule has 0 spiro atoms. The van der Waals surface area contributed by atoms with Gasteiger partial charge in [0.25, 0.3) is 0 Å². The number of hydrogen-bond donors (Lipinski definition) is 1. The first-order valence-corrected chi connectivity index (χ1v) is 8.77. The van der Waals surface area contributed by atoms with Crippen molar-refractivity contribution in [3.63, 3.8) is 0 Å². The number of rotatable bonds is 3. The van der Waals surface area contributed by atoms with Crippen LogP contribution in [0.15, 0.2) is 36.5 Å². The summed E-state index contributed by atoms with van der Waals surface area (Å²) >= 11 is 1.76. The average Bonchev–Trinajstić information content (AvgIpc) is 3.23. The number of aromatic amines is 1. The van der Waals surface area contributed by atoms with Crippen LogP contribution in [0.4, 0.5) is 0 Å². The third-order valence-electron chi connectivity index (χ3n) is 4.45. The van der Waals surface area contributed by atoms with E-state index in [0.29, 0.717) is 6.42 Å². The van der Waals surface area contributed by atoms with Crippen LogP contribution in [0, 0.1) is 0 Å². The molecular formula is C18H19N3OS. The van der Waals surface area contributed by atoms with E-state index in [0.717, 1.165) is 18.1 Å². The molecule has 3 heterocycles. The van der Waals surface area contributed by atoms with Gasteiger partial charge in [-0.1, -0.05) is 18.2 Å². The second-order valence-corrected chi connectivity index (χ2v) is 7.46. The number of carbonyl (C=O) groups is 1. The van der Waals surface area contributed by atoms with Crippen molar-refractivity contribution in [2.24, 2.45) is 0 Å². The Labute approximate surface area is 139 Å². The van der Waals surface area contributed by atoms with E-state index in [1.165, 1.54) is 15.0 Å². The molecule has 1 aliphatic rings. The lowest BCUT2D eigenvalue weighted by Crippen LogP contribution is -2.31. The monoisotopic (exact) mass is 325 g/mol. The highest BCUT2D eigenvalue weighted by atomic mass is 32.1. The van der Waals surface area contributed by atoms with Crippen molar-refractivity contribution in [3.8, 4) is 10.6 Å². The molecular weight excluding hydrogens is 306 g/mol. The van der Waals surface area contributed by atoms with Crippen LogP contribution in [-0.4, -0.2) is 33.4 Å². The number of thiophene rings is 1. The number of nitrogens with zero attached hydrogens (tertiary/aromatic N) is 2. The van der Waals surface area contributed by atoms with Crippen molar-refractivity contribution < 1.29 is 4.79 Å². The number of fused-ring (bicyclic) bond motifs is 1. The number of aromatic nitrogens is 2. The molecule has 23 heavy (non-hydrogen) atoms. The standard InChI is InChI=1S/C18H19N3OS/c1-11(2)21-10-13(8-17(21)22)18-19-9-14(20-18)16-7-12-5-3-4-6-15(12)23-16/h3-7,9,11,13H,8,10H2,1-2H3,(H,19,20). The van der Waals surface area contributed by atoms with Crippen LogP contribution >= 0.6 is 11.3 Å². The van der Waals surface area contributed by atoms with Crippen molar-refractivity contribution in [2.75, 3.05) is 6.54 Å². The third kappa shape index (κ3) is 2.55. The largest absolute Gasteiger partial charge is 0.341 e. The van der Waals surface area contributed by atoms with E-state index < -0.39 is 0 Å². The van der Waals surface area contributed by atoms with Gasteiger partial charge in [0.15, 0.2) is 0 Å². The fourth-order valence-electron chi connectivity index (χ4n) is 3.20. The zero-order valence-electron chi connectivity index (χ0n) is 13.2. The smallest absolute Gasteiger partial charge is 0.223 e. The molecule has 0 aliphatic carbocycles. The number of amides is 1. The van der Waals surface area contributed by atoms with Crippen molar-refractivity contribution in [3.05, 3.63) is 42.4 Å². The molecule has 0 bridgehead atoms. The molecule has 4 rings (SSSR count). The van der Waals surface area contributed by atoms with E-state index in [-0.39, 0.29) is 17.9 Å². The highest BCUT2D eigenvalue weighted by Crippen LogP contribution is 2.34. The van der Waals surface area contributed by atoms with Crippen LogP contribution in [0.3, 0.4) is 0 Å². The lowest BCUT2D eigenvalue weighted by Gasteiger charge is -2.20. The number of benzene rings is 1. The summed E-state index contributed by atoms with van der Waals surface area (Å²) in [5.41, 5.74) is 1.04. The molecule has 5 heteroatoms. The molecule has 2 aromatic heterocycles. The normalized spacial score (nSPS) is 18.5. The Morgan fingerprint density at radius 3 is 2.91 bits per heavy atom. The summed E-state index contributed by atoms with van der Waals surface area (Å²) in [7, 11) is 0. The molecule has 118 valence electrons. The first-order chi connectivity index (χ1) is 11.1. The van der Waals surface area contributed by atoms with Crippen LogP contribution in [0.1, 0.15) is 32.0 Å². The minimum absolute atomic E-state index is 0.174. The van der Waals surface area contributed by atoms with Crippen molar-refractivity contribution in [1.82, 2.24) is 14.9 Å². The van der Waals surface area contributed by atoms with Crippen LogP contribution in [0.25, 0.3) is 20.7 Å². The van der Waals surface area contributed by atoms with E-state index in [2.05, 4.69) is 54.1 Å². The Hall–Kier alpha value is -2.14. The minimum Gasteiger partial charge on any atom is -0.341 e. The van der Waals surface area contributed by atoms with E-state index in [1.54, 1.807) is 11.3 Å². The first-order valence-electron chi connectivity index (χ1n) is 7.95. The maximum atomic E-state index is 12.1. The first kappa shape index (κ1) is 14.5. The summed E-state index contributed by atoms with van der Waals surface area (Å²) in [6.07, 6.45) is 2.44. The summed E-state index contributed by atoms with van der Waals surface area (Å²) in [4.78, 5) is 23.2. The molecule has 1 fully saturated rings. The van der Waals surface area contributed by atoms with Gasteiger partial charge in [-0.3, -0.25) is 4.79 Å². The van der Waals surface area contributed by atoms with E-state index in [1.807, 2.05) is 11.1 Å². The van der Waals surface area contributed by atoms with Gasteiger partial charge in [0, 0.05) is 29.6 Å². The van der Waals surface area contributed by atoms with Crippen LogP contribution in [0.5, 0.6) is 0 Å². The lowest BCUT2D eigenvalue weighted by molar-refractivity contribution is -0.129. The van der Waals surface area contributed by atoms with Gasteiger partial charge in [0.1, 0.15) is 5.82 Å². The van der Waals surface area contributed by atoms with Gasteiger partial charge in [-0.05, 0) is 31.4 Å². The highest BCUT2D eigenvalue weighted by molar-refractivity contribution is 7.22. The predicted molar refractivity (Wildman–Crippen MR) is 93.6 cm³/mol. The summed E-state index contributed by atoms with van der Waals surface area (Å²) < 4.78 is 1.28. The van der Waals surface area contributed by atoms with Gasteiger partial charge in [-0.15, -0.1) is 11.3 Å². The summed E-state index contributed by atoms with van der Waals surface area (Å²) in [5, 5.41) is 1.26. The number of imidazole rings is 1. The van der Waals surface area contributed by atoms with Crippen molar-refractivity contribution >= 4 is 27.3 Å². The molecule has 1 N–H and O–H groups in total. The summed E-state index contributed by atoms with van der Waals surface area (Å²) in [6.45, 7) is 4.88. The molecule has 1 atom stereocenters. The molecule has 1 saturated heterocycles. The van der Waals surface area contributed by atoms with Gasteiger partial charge < -0.3 is 9.88 Å². The van der Waals surface area contributed by atoms with Crippen LogP contribution in [0.2, 0.25) is 0 Å². The highest BCUT2D eigenvalue weighted by Gasteiger charge is 2.33. The molecule has 1 aliphatic heterocycles. The Morgan fingerprint density at radius 2 is 2.17 bits per heavy atom. The van der Waals surface area contributed by atoms with Crippen molar-refractivity contribution in [1.29, 1.82) is 0 Å². The predicted octanol–water partition coefficient (Wildman–Crippen LogP) is 4.02. The Kier molecular flexibility index (Phi) is 3.45. The molecule has 1 amide bonds. The van der Waals surface area contributed by atoms with Gasteiger partial charge >= 0.3 is 0 Å². The second kappa shape index (κ2) is 5.49. The molecule has 1 unspecified atom stereocenters. The SMILES string of the molecule is CC(C)N1CC(c2ncc(-c3cc4ccccc4s3)[nH]2)CC1=O. The van der Waals surface area contributed by atoms with Gasteiger partial charge in [0.05, 0.1) is 16.8 Å². The molecule has 4 nitrogen and oxygen atoms in total. The van der Waals surface area contributed by atoms with Gasteiger partial charge in [-0.2, -0.15) is 0 Å². The quantitative estimate of drug-likeness (QED) is 0.791. The van der Waals surface area contributed by atoms with E-state index in [9.17, 15) is 4.79 Å². The Balaban J connectivity index is 1.61. The Morgan fingerprint density at radius 1 is 1.35 bits per heavy atom. The van der Waals surface area contributed by atoms with E-state index in [4.69, 9.17) is 0 Å². The molecule has 1 aromatic carbocycles. The number of nitrogens with one attached hydrogen (secondary N) is 1. The summed E-state index contributed by atoms with van der Waals surface area (Å²) in [6, 6.07) is 10.8.